The van der Waals surface area contributed by atoms with Crippen LogP contribution in [0.3, 0.4) is 0 Å². The van der Waals surface area contributed by atoms with Crippen LogP contribution in [-0.4, -0.2) is 30.1 Å². The molecule has 4 nitrogen and oxygen atoms in total. The molecule has 1 saturated carbocycles. The molecule has 0 amide bonds. The highest BCUT2D eigenvalue weighted by Crippen LogP contribution is 2.35. The molecule has 4 heteroatoms. The third-order valence-electron chi connectivity index (χ3n) is 3.40. The number of carbonyl (C=O) groups excluding carboxylic acids is 2. The molecule has 1 aliphatic rings. The van der Waals surface area contributed by atoms with Gasteiger partial charge in [0, 0.05) is 18.8 Å². The normalized spacial score (nSPS) is 24.0. The van der Waals surface area contributed by atoms with E-state index in [9.17, 15) is 9.59 Å². The number of aliphatic hydroxyl groups is 1. The minimum atomic E-state index is -0.291. The van der Waals surface area contributed by atoms with Gasteiger partial charge < -0.3 is 9.84 Å². The minimum absolute atomic E-state index is 0.0524. The molecule has 0 aromatic carbocycles. The van der Waals surface area contributed by atoms with Crippen molar-refractivity contribution in [2.75, 3.05) is 13.2 Å². The van der Waals surface area contributed by atoms with E-state index in [4.69, 9.17) is 9.84 Å². The van der Waals surface area contributed by atoms with Crippen LogP contribution in [0.4, 0.5) is 0 Å². The molecule has 1 N–H and O–H groups in total. The smallest absolute Gasteiger partial charge is 0.306 e. The van der Waals surface area contributed by atoms with E-state index in [-0.39, 0.29) is 31.0 Å². The summed E-state index contributed by atoms with van der Waals surface area (Å²) in [5, 5.41) is 8.55. The van der Waals surface area contributed by atoms with Crippen LogP contribution in [0.25, 0.3) is 0 Å². The predicted octanol–water partition coefficient (Wildman–Crippen LogP) is 1.70. The summed E-state index contributed by atoms with van der Waals surface area (Å²) in [5.74, 6) is 0.218. The topological polar surface area (TPSA) is 63.6 Å². The van der Waals surface area contributed by atoms with Crippen molar-refractivity contribution >= 4 is 11.8 Å². The minimum Gasteiger partial charge on any atom is -0.463 e. The van der Waals surface area contributed by atoms with E-state index in [1.807, 2.05) is 0 Å². The zero-order chi connectivity index (χ0) is 12.7. The monoisotopic (exact) mass is 242 g/mol. The largest absolute Gasteiger partial charge is 0.463 e. The number of Topliss-reactive ketones (excluding diaryl/α,β-unsaturated/α-hetero) is 1. The summed E-state index contributed by atoms with van der Waals surface area (Å²) >= 11 is 0. The van der Waals surface area contributed by atoms with Crippen LogP contribution in [0.5, 0.6) is 0 Å². The highest BCUT2D eigenvalue weighted by molar-refractivity contribution is 5.84. The lowest BCUT2D eigenvalue weighted by Crippen LogP contribution is -2.19. The lowest BCUT2D eigenvalue weighted by atomic mass is 9.88. The number of rotatable bonds is 7. The zero-order valence-corrected chi connectivity index (χ0v) is 10.5. The average molecular weight is 242 g/mol. The maximum Gasteiger partial charge on any atom is 0.306 e. The molecule has 98 valence electrons. The van der Waals surface area contributed by atoms with Crippen molar-refractivity contribution in [2.45, 2.75) is 45.4 Å². The first-order chi connectivity index (χ1) is 8.19. The Morgan fingerprint density at radius 3 is 2.94 bits per heavy atom. The van der Waals surface area contributed by atoms with Crippen molar-refractivity contribution in [3.63, 3.8) is 0 Å². The Labute approximate surface area is 102 Å². The van der Waals surface area contributed by atoms with Gasteiger partial charge in [-0.05, 0) is 18.8 Å². The number of esters is 1. The first-order valence-corrected chi connectivity index (χ1v) is 6.48. The van der Waals surface area contributed by atoms with Crippen LogP contribution >= 0.6 is 0 Å². The van der Waals surface area contributed by atoms with Gasteiger partial charge in [-0.25, -0.2) is 0 Å². The molecule has 0 aromatic rings. The van der Waals surface area contributed by atoms with E-state index in [1.165, 1.54) is 0 Å². The summed E-state index contributed by atoms with van der Waals surface area (Å²) in [7, 11) is 0. The van der Waals surface area contributed by atoms with Crippen LogP contribution in [0.1, 0.15) is 45.4 Å². The van der Waals surface area contributed by atoms with E-state index in [0.29, 0.717) is 18.6 Å². The summed E-state index contributed by atoms with van der Waals surface area (Å²) in [6.45, 7) is 2.01. The van der Waals surface area contributed by atoms with E-state index in [1.54, 1.807) is 0 Å². The molecular formula is C13H22O4. The van der Waals surface area contributed by atoms with Crippen molar-refractivity contribution in [2.24, 2.45) is 11.8 Å². The second-order valence-corrected chi connectivity index (χ2v) is 4.66. The third-order valence-corrected chi connectivity index (χ3v) is 3.40. The van der Waals surface area contributed by atoms with Crippen molar-refractivity contribution in [3.05, 3.63) is 0 Å². The summed E-state index contributed by atoms with van der Waals surface area (Å²) < 4.78 is 4.84. The third kappa shape index (κ3) is 4.46. The molecule has 2 unspecified atom stereocenters. The molecule has 1 rings (SSSR count). The lowest BCUT2D eigenvalue weighted by Gasteiger charge is -2.17. The van der Waals surface area contributed by atoms with Gasteiger partial charge >= 0.3 is 5.97 Å². The molecule has 0 saturated heterocycles. The summed E-state index contributed by atoms with van der Waals surface area (Å²) in [5.41, 5.74) is 0. The molecule has 1 aliphatic carbocycles. The summed E-state index contributed by atoms with van der Waals surface area (Å²) in [6.07, 6.45) is 4.74. The van der Waals surface area contributed by atoms with E-state index >= 15 is 0 Å². The number of ether oxygens (including phenoxy) is 1. The van der Waals surface area contributed by atoms with Crippen LogP contribution in [0, 0.1) is 11.8 Å². The molecule has 0 heterocycles. The van der Waals surface area contributed by atoms with E-state index < -0.39 is 0 Å². The van der Waals surface area contributed by atoms with Gasteiger partial charge in [-0.2, -0.15) is 0 Å². The second-order valence-electron chi connectivity index (χ2n) is 4.66. The van der Waals surface area contributed by atoms with Gasteiger partial charge in [0.1, 0.15) is 12.4 Å². The molecule has 1 fully saturated rings. The van der Waals surface area contributed by atoms with Gasteiger partial charge in [0.05, 0.1) is 6.61 Å². The second kappa shape index (κ2) is 7.43. The maximum atomic E-state index is 11.7. The van der Waals surface area contributed by atoms with Gasteiger partial charge in [0.25, 0.3) is 0 Å². The Hall–Kier alpha value is -0.900. The summed E-state index contributed by atoms with van der Waals surface area (Å²) in [4.78, 5) is 23.1. The Kier molecular flexibility index (Phi) is 6.19. The Morgan fingerprint density at radius 2 is 2.29 bits per heavy atom. The van der Waals surface area contributed by atoms with Crippen LogP contribution in [0.2, 0.25) is 0 Å². The fourth-order valence-electron chi connectivity index (χ4n) is 2.47. The number of unbranched alkanes of at least 4 members (excludes halogenated alkanes) is 1. The SMILES string of the molecule is CCCCC1C(=O)CCC1CC(=O)OCCO. The molecular weight excluding hydrogens is 220 g/mol. The quantitative estimate of drug-likeness (QED) is 0.690. The van der Waals surface area contributed by atoms with Crippen LogP contribution in [0.15, 0.2) is 0 Å². The summed E-state index contributed by atoms with van der Waals surface area (Å²) in [6, 6.07) is 0. The zero-order valence-electron chi connectivity index (χ0n) is 10.5. The molecule has 17 heavy (non-hydrogen) atoms. The highest BCUT2D eigenvalue weighted by Gasteiger charge is 2.35. The number of carbonyl (C=O) groups is 2. The fourth-order valence-corrected chi connectivity index (χ4v) is 2.47. The van der Waals surface area contributed by atoms with Crippen molar-refractivity contribution < 1.29 is 19.4 Å². The van der Waals surface area contributed by atoms with Crippen molar-refractivity contribution in [3.8, 4) is 0 Å². The van der Waals surface area contributed by atoms with E-state index in [2.05, 4.69) is 6.92 Å². The number of hydrogen-bond donors (Lipinski definition) is 1. The Balaban J connectivity index is 2.40. The number of aliphatic hydroxyl groups excluding tert-OH is 1. The maximum absolute atomic E-state index is 11.7. The van der Waals surface area contributed by atoms with Crippen molar-refractivity contribution in [1.29, 1.82) is 0 Å². The molecule has 0 radical (unpaired) electrons. The molecule has 0 spiro atoms. The molecule has 0 aromatic heterocycles. The first-order valence-electron chi connectivity index (χ1n) is 6.48. The van der Waals surface area contributed by atoms with Gasteiger partial charge in [0.2, 0.25) is 0 Å². The van der Waals surface area contributed by atoms with Crippen molar-refractivity contribution in [1.82, 2.24) is 0 Å². The Morgan fingerprint density at radius 1 is 1.53 bits per heavy atom. The average Bonchev–Trinajstić information content (AvgIpc) is 2.65. The molecule has 0 aliphatic heterocycles. The van der Waals surface area contributed by atoms with Crippen LogP contribution in [-0.2, 0) is 14.3 Å². The number of ketones is 1. The Bertz CT molecular complexity index is 262. The van der Waals surface area contributed by atoms with Gasteiger partial charge in [-0.1, -0.05) is 19.8 Å². The highest BCUT2D eigenvalue weighted by atomic mass is 16.5. The standard InChI is InChI=1S/C13H22O4/c1-2-3-4-11-10(5-6-12(11)15)9-13(16)17-8-7-14/h10-11,14H,2-9H2,1H3. The van der Waals surface area contributed by atoms with Gasteiger partial charge in [-0.15, -0.1) is 0 Å². The fraction of sp³-hybridized carbons (Fsp3) is 0.846. The number of hydrogen-bond acceptors (Lipinski definition) is 4. The van der Waals surface area contributed by atoms with Gasteiger partial charge in [0.15, 0.2) is 0 Å². The predicted molar refractivity (Wildman–Crippen MR) is 63.4 cm³/mol. The van der Waals surface area contributed by atoms with Crippen LogP contribution < -0.4 is 0 Å². The first kappa shape index (κ1) is 14.2. The molecule has 2 atom stereocenters. The molecule has 0 bridgehead atoms. The van der Waals surface area contributed by atoms with E-state index in [0.717, 1.165) is 25.7 Å². The van der Waals surface area contributed by atoms with Gasteiger partial charge in [-0.3, -0.25) is 9.59 Å². The lowest BCUT2D eigenvalue weighted by molar-refractivity contribution is -0.146.